The number of rotatable bonds is 11. The molecule has 3 N–H and O–H groups in total. The molecular weight excluding hydrogens is 531 g/mol. The number of carbonyl (C=O) groups excluding carboxylic acids is 2. The van der Waals surface area contributed by atoms with Crippen LogP contribution in [0.5, 0.6) is 0 Å². The summed E-state index contributed by atoms with van der Waals surface area (Å²) in [5, 5.41) is 10.7. The minimum Gasteiger partial charge on any atom is -0.385 e. The first-order valence-electron chi connectivity index (χ1n) is 13.6. The number of amides is 2. The van der Waals surface area contributed by atoms with Crippen LogP contribution in [0.2, 0.25) is 10.0 Å². The molecule has 0 radical (unpaired) electrons. The molecule has 1 fully saturated rings. The van der Waals surface area contributed by atoms with E-state index in [1.54, 1.807) is 18.2 Å². The molecule has 0 aromatic heterocycles. The zero-order valence-electron chi connectivity index (χ0n) is 22.2. The Morgan fingerprint density at radius 2 is 1.74 bits per heavy atom. The van der Waals surface area contributed by atoms with Crippen LogP contribution in [0.25, 0.3) is 0 Å². The summed E-state index contributed by atoms with van der Waals surface area (Å²) < 4.78 is 0. The van der Waals surface area contributed by atoms with Gasteiger partial charge in [0, 0.05) is 49.4 Å². The highest BCUT2D eigenvalue weighted by molar-refractivity contribution is 6.42. The van der Waals surface area contributed by atoms with Gasteiger partial charge in [0.2, 0.25) is 5.91 Å². The molecule has 6 nitrogen and oxygen atoms in total. The van der Waals surface area contributed by atoms with Crippen molar-refractivity contribution in [3.8, 4) is 0 Å². The van der Waals surface area contributed by atoms with Gasteiger partial charge in [-0.25, -0.2) is 0 Å². The SMILES string of the molecule is CCC(CN1CC[C@@H](CNC(=O)c2ccc(Cl)c(Cl)c2)N[C@@H](CCNc2ccccc2)C1=O)c1ccccc1. The molecule has 0 saturated carbocycles. The summed E-state index contributed by atoms with van der Waals surface area (Å²) in [6.07, 6.45) is 2.31. The van der Waals surface area contributed by atoms with Crippen molar-refractivity contribution in [3.05, 3.63) is 100 Å². The Morgan fingerprint density at radius 1 is 1.03 bits per heavy atom. The minimum absolute atomic E-state index is 0.0517. The van der Waals surface area contributed by atoms with Crippen LogP contribution in [0.3, 0.4) is 0 Å². The number of hydrogen-bond donors (Lipinski definition) is 3. The molecular formula is C31H36Cl2N4O2. The van der Waals surface area contributed by atoms with Gasteiger partial charge >= 0.3 is 0 Å². The third-order valence-corrected chi connectivity index (χ3v) is 7.96. The third-order valence-electron chi connectivity index (χ3n) is 7.23. The summed E-state index contributed by atoms with van der Waals surface area (Å²) >= 11 is 12.1. The summed E-state index contributed by atoms with van der Waals surface area (Å²) in [7, 11) is 0. The first-order valence-corrected chi connectivity index (χ1v) is 14.3. The van der Waals surface area contributed by atoms with Crippen molar-refractivity contribution in [2.24, 2.45) is 0 Å². The van der Waals surface area contributed by atoms with E-state index in [0.29, 0.717) is 48.2 Å². The molecule has 4 rings (SSSR count). The Hall–Kier alpha value is -3.06. The largest absolute Gasteiger partial charge is 0.385 e. The fourth-order valence-electron chi connectivity index (χ4n) is 4.96. The van der Waals surface area contributed by atoms with E-state index in [0.717, 1.165) is 18.5 Å². The molecule has 1 aliphatic rings. The number of para-hydroxylation sites is 1. The van der Waals surface area contributed by atoms with Crippen molar-refractivity contribution in [1.29, 1.82) is 0 Å². The van der Waals surface area contributed by atoms with Crippen LogP contribution < -0.4 is 16.0 Å². The number of benzene rings is 3. The van der Waals surface area contributed by atoms with Crippen LogP contribution in [0.4, 0.5) is 5.69 Å². The second kappa shape index (κ2) is 14.4. The molecule has 1 unspecified atom stereocenters. The normalized spacial score (nSPS) is 18.3. The first-order chi connectivity index (χ1) is 18.9. The summed E-state index contributed by atoms with van der Waals surface area (Å²) in [6, 6.07) is 24.8. The molecule has 8 heteroatoms. The van der Waals surface area contributed by atoms with Crippen LogP contribution in [0.1, 0.15) is 48.0 Å². The van der Waals surface area contributed by atoms with E-state index in [-0.39, 0.29) is 29.8 Å². The standard InChI is InChI=1S/C31H36Cl2N4O2/c1-2-22(23-9-5-3-6-10-23)21-37-18-16-26(20-35-30(38)24-13-14-27(32)28(33)19-24)36-29(31(37)39)15-17-34-25-11-7-4-8-12-25/h3-14,19,22,26,29,34,36H,2,15-18,20-21H2,1H3,(H,35,38)/t22?,26-,29-/m0/s1. The van der Waals surface area contributed by atoms with Crippen molar-refractivity contribution in [2.75, 3.05) is 31.5 Å². The second-order valence-corrected chi connectivity index (χ2v) is 10.7. The zero-order valence-corrected chi connectivity index (χ0v) is 23.7. The highest BCUT2D eigenvalue weighted by atomic mass is 35.5. The van der Waals surface area contributed by atoms with Gasteiger partial charge in [0.15, 0.2) is 0 Å². The molecule has 1 aliphatic heterocycles. The maximum atomic E-state index is 13.8. The Labute approximate surface area is 241 Å². The quantitative estimate of drug-likeness (QED) is 0.267. The molecule has 0 aliphatic carbocycles. The maximum Gasteiger partial charge on any atom is 0.251 e. The van der Waals surface area contributed by atoms with Crippen molar-refractivity contribution in [3.63, 3.8) is 0 Å². The van der Waals surface area contributed by atoms with E-state index < -0.39 is 0 Å². The number of carbonyl (C=O) groups is 2. The molecule has 1 heterocycles. The van der Waals surface area contributed by atoms with Gasteiger partial charge in [-0.05, 0) is 55.2 Å². The summed E-state index contributed by atoms with van der Waals surface area (Å²) in [4.78, 5) is 28.6. The average Bonchev–Trinajstić information content (AvgIpc) is 3.11. The molecule has 2 amide bonds. The van der Waals surface area contributed by atoms with Crippen LogP contribution >= 0.6 is 23.2 Å². The Balaban J connectivity index is 1.43. The highest BCUT2D eigenvalue weighted by Crippen LogP contribution is 2.24. The van der Waals surface area contributed by atoms with Gasteiger partial charge in [-0.3, -0.25) is 9.59 Å². The molecule has 3 atom stereocenters. The fraction of sp³-hybridized carbons (Fsp3) is 0.355. The summed E-state index contributed by atoms with van der Waals surface area (Å²) in [6.45, 7) is 4.52. The van der Waals surface area contributed by atoms with Gasteiger partial charge < -0.3 is 20.9 Å². The number of halogens is 2. The van der Waals surface area contributed by atoms with E-state index >= 15 is 0 Å². The maximum absolute atomic E-state index is 13.8. The molecule has 0 spiro atoms. The highest BCUT2D eigenvalue weighted by Gasteiger charge is 2.32. The molecule has 206 valence electrons. The fourth-order valence-corrected chi connectivity index (χ4v) is 5.26. The topological polar surface area (TPSA) is 73.5 Å². The van der Waals surface area contributed by atoms with E-state index in [1.807, 2.05) is 41.3 Å². The monoisotopic (exact) mass is 566 g/mol. The van der Waals surface area contributed by atoms with E-state index in [4.69, 9.17) is 23.2 Å². The minimum atomic E-state index is -0.358. The van der Waals surface area contributed by atoms with Gasteiger partial charge in [-0.15, -0.1) is 0 Å². The van der Waals surface area contributed by atoms with Gasteiger partial charge in [-0.2, -0.15) is 0 Å². The molecule has 3 aromatic rings. The Bertz CT molecular complexity index is 1230. The third kappa shape index (κ3) is 8.21. The van der Waals surface area contributed by atoms with Gasteiger partial charge in [0.1, 0.15) is 0 Å². The van der Waals surface area contributed by atoms with E-state index in [1.165, 1.54) is 5.56 Å². The van der Waals surface area contributed by atoms with E-state index in [9.17, 15) is 9.59 Å². The number of hydrogen-bond acceptors (Lipinski definition) is 4. The molecule has 3 aromatic carbocycles. The molecule has 39 heavy (non-hydrogen) atoms. The zero-order chi connectivity index (χ0) is 27.6. The lowest BCUT2D eigenvalue weighted by Crippen LogP contribution is -2.49. The lowest BCUT2D eigenvalue weighted by Gasteiger charge is -2.28. The summed E-state index contributed by atoms with van der Waals surface area (Å²) in [5.74, 6) is 0.155. The van der Waals surface area contributed by atoms with Crippen molar-refractivity contribution in [1.82, 2.24) is 15.5 Å². The number of anilines is 1. The van der Waals surface area contributed by atoms with Gasteiger partial charge in [-0.1, -0.05) is 78.7 Å². The van der Waals surface area contributed by atoms with Crippen molar-refractivity contribution in [2.45, 2.75) is 44.2 Å². The van der Waals surface area contributed by atoms with Crippen LogP contribution in [-0.4, -0.2) is 55.0 Å². The number of nitrogens with zero attached hydrogens (tertiary/aromatic N) is 1. The van der Waals surface area contributed by atoms with Crippen molar-refractivity contribution >= 4 is 40.7 Å². The Morgan fingerprint density at radius 3 is 2.44 bits per heavy atom. The van der Waals surface area contributed by atoms with Crippen LogP contribution in [0.15, 0.2) is 78.9 Å². The second-order valence-electron chi connectivity index (χ2n) is 9.93. The number of nitrogens with one attached hydrogen (secondary N) is 3. The predicted molar refractivity (Wildman–Crippen MR) is 160 cm³/mol. The van der Waals surface area contributed by atoms with Crippen LogP contribution in [-0.2, 0) is 4.79 Å². The lowest BCUT2D eigenvalue weighted by molar-refractivity contribution is -0.133. The Kier molecular flexibility index (Phi) is 10.7. The van der Waals surface area contributed by atoms with E-state index in [2.05, 4.69) is 47.1 Å². The van der Waals surface area contributed by atoms with Gasteiger partial charge in [0.25, 0.3) is 5.91 Å². The first kappa shape index (κ1) is 28.9. The van der Waals surface area contributed by atoms with Crippen molar-refractivity contribution < 1.29 is 9.59 Å². The molecule has 1 saturated heterocycles. The summed E-state index contributed by atoms with van der Waals surface area (Å²) in [5.41, 5.74) is 2.72. The van der Waals surface area contributed by atoms with Crippen LogP contribution in [0, 0.1) is 0 Å². The lowest BCUT2D eigenvalue weighted by atomic mass is 9.95. The molecule has 0 bridgehead atoms. The average molecular weight is 568 g/mol. The smallest absolute Gasteiger partial charge is 0.251 e. The van der Waals surface area contributed by atoms with Gasteiger partial charge in [0.05, 0.1) is 16.1 Å². The predicted octanol–water partition coefficient (Wildman–Crippen LogP) is 5.98.